The largest absolute Gasteiger partial charge is 0.437 e. The molecular weight excluding hydrogens is 1920 g/mol. The number of β-amino-alcohol motifs (C(OH)–C–C–N with tert-alkyl or cyclic N) is 4. The number of Topliss-reactive ketones (excluding diaryl/α,β-unsaturated/α-hetero) is 1. The molecule has 4 N–H and O–H groups in total. The molecule has 0 spiro atoms. The predicted octanol–water partition coefficient (Wildman–Crippen LogP) is 17.4. The molecule has 8 fully saturated rings. The van der Waals surface area contributed by atoms with E-state index in [0.717, 1.165) is 205 Å². The topological polar surface area (TPSA) is 298 Å². The van der Waals surface area contributed by atoms with Gasteiger partial charge in [0.2, 0.25) is 5.95 Å². The zero-order valence-electron chi connectivity index (χ0n) is 77.9. The zero-order valence-corrected chi connectivity index (χ0v) is 83.9. The molecule has 0 bridgehead atoms. The molecule has 137 heavy (non-hydrogen) atoms. The average Bonchev–Trinajstić information content (AvgIpc) is 1.61. The molecule has 0 saturated carbocycles. The Hall–Kier alpha value is -8.26. The zero-order chi connectivity index (χ0) is 96.5. The van der Waals surface area contributed by atoms with Gasteiger partial charge in [0, 0.05) is 158 Å². The monoisotopic (exact) mass is 2030 g/mol. The quantitative estimate of drug-likeness (QED) is 0.0387. The summed E-state index contributed by atoms with van der Waals surface area (Å²) in [7, 11) is 0. The van der Waals surface area contributed by atoms with Crippen LogP contribution in [0.2, 0.25) is 40.2 Å². The first kappa shape index (κ1) is 100. The van der Waals surface area contributed by atoms with E-state index in [1.807, 2.05) is 77.8 Å². The highest BCUT2D eigenvalue weighted by Crippen LogP contribution is 2.44. The molecule has 4 aromatic carbocycles. The van der Waals surface area contributed by atoms with Gasteiger partial charge >= 0.3 is 6.18 Å². The van der Waals surface area contributed by atoms with Crippen molar-refractivity contribution in [3.05, 3.63) is 183 Å². The molecule has 16 heterocycles. The molecule has 0 amide bonds. The lowest BCUT2D eigenvalue weighted by molar-refractivity contribution is -0.140. The maximum Gasteiger partial charge on any atom is 0.437 e. The van der Waals surface area contributed by atoms with Crippen molar-refractivity contribution < 1.29 is 38.4 Å². The third-order valence-electron chi connectivity index (χ3n) is 29.1. The van der Waals surface area contributed by atoms with Crippen LogP contribution in [-0.4, -0.2) is 282 Å². The second-order valence-corrected chi connectivity index (χ2v) is 41.4. The number of aliphatic hydroxyl groups is 4. The van der Waals surface area contributed by atoms with Crippen LogP contribution >= 0.6 is 92.8 Å². The van der Waals surface area contributed by atoms with Crippen LogP contribution in [0.3, 0.4) is 0 Å². The first-order chi connectivity index (χ1) is 65.9. The number of piperidine rings is 4. The molecule has 0 radical (unpaired) electrons. The number of aliphatic hydroxyl groups excluding tert-OH is 4. The first-order valence-corrected chi connectivity index (χ1v) is 50.6. The molecule has 40 heteroatoms. The summed E-state index contributed by atoms with van der Waals surface area (Å²) >= 11 is 50.0. The molecule has 0 aliphatic carbocycles. The fourth-order valence-corrected chi connectivity index (χ4v) is 23.4. The van der Waals surface area contributed by atoms with Crippen molar-refractivity contribution in [3.8, 4) is 0 Å². The van der Waals surface area contributed by atoms with E-state index >= 15 is 0 Å². The summed E-state index contributed by atoms with van der Waals surface area (Å²) in [6.07, 6.45) is 11.9. The molecule has 8 atom stereocenters. The van der Waals surface area contributed by atoms with Crippen molar-refractivity contribution in [2.24, 2.45) is 47.3 Å². The summed E-state index contributed by atoms with van der Waals surface area (Å²) in [6, 6.07) is 20.3. The fraction of sp³-hybridized carbons (Fsp3) is 0.536. The maximum atomic E-state index is 13.8. The van der Waals surface area contributed by atoms with Gasteiger partial charge in [-0.05, 0) is 237 Å². The number of alkyl halides is 3. The summed E-state index contributed by atoms with van der Waals surface area (Å²) in [5.74, 6) is 7.81. The Balaban J connectivity index is 0.000000127. The number of fused-ring (bicyclic) bond motifs is 4. The standard InChI is InChI=1S/C25H30Cl2N6O2.C24H27Cl2F3N6O.2C24H30Cl2N6O/c1-15(20-6-5-19(26)10-21(20)27)33-25-24(23(30-33)16(2)35)28-11-22(29-25)32-13-18(14-32)17-4-3-7-31(12-17)8-9-34;1-14(18-5-4-17(25)9-19(18)26)35-23-21(22(32-35)24(27,28)29)30-10-20(31-23)34-12-16(13-34)15-3-2-6-33(11-15)7-8-36;1-15-21-11-27-24(31-13-18(14-31)17-4-3-7-30(12-17)8-9-33)28-23(21)32(29-15)16(2)20-6-5-19(25)10-22(20)26;1-15-23-24(32(29-15)16(2)20-6-5-19(25)10-21(20)26)28-22(11-27-23)31-13-18(14-31)17-4-3-7-30(12-17)8-9-33/h5-6,10-11,15,17-18,34H,3-4,7-9,12-14H2,1-2H3;4-5,9-10,14-16,36H,2-3,6-8,11-13H2,1H3;2*5-6,10-11,16-18,33H,3-4,7-9,12-14H2,1-2H3. The van der Waals surface area contributed by atoms with E-state index < -0.39 is 17.9 Å². The Bertz CT molecular complexity index is 6080. The lowest BCUT2D eigenvalue weighted by atomic mass is 9.80. The Morgan fingerprint density at radius 1 is 0.380 bits per heavy atom. The highest BCUT2D eigenvalue weighted by Gasteiger charge is 2.44. The number of carbonyl (C=O) groups excluding carboxylic acids is 1. The van der Waals surface area contributed by atoms with Crippen LogP contribution in [0.5, 0.6) is 0 Å². The summed E-state index contributed by atoms with van der Waals surface area (Å²) in [4.78, 5) is 68.2. The highest BCUT2D eigenvalue weighted by atomic mass is 35.5. The van der Waals surface area contributed by atoms with E-state index in [1.54, 1.807) is 60.3 Å². The van der Waals surface area contributed by atoms with Crippen molar-refractivity contribution in [1.29, 1.82) is 0 Å². The van der Waals surface area contributed by atoms with Crippen molar-refractivity contribution in [2.45, 2.75) is 130 Å². The Morgan fingerprint density at radius 3 is 1.04 bits per heavy atom. The van der Waals surface area contributed by atoms with Crippen LogP contribution in [-0.2, 0) is 6.18 Å². The number of halogens is 11. The lowest BCUT2D eigenvalue weighted by Crippen LogP contribution is -2.54. The van der Waals surface area contributed by atoms with Crippen molar-refractivity contribution in [1.82, 2.24) is 98.6 Å². The number of nitrogens with zero attached hydrogens (tertiary/aromatic N) is 24. The van der Waals surface area contributed by atoms with E-state index in [-0.39, 0.29) is 61.5 Å². The second-order valence-electron chi connectivity index (χ2n) is 38.0. The van der Waals surface area contributed by atoms with Crippen LogP contribution in [0.25, 0.3) is 44.5 Å². The minimum absolute atomic E-state index is 0.0635. The number of ketones is 1. The number of hydrogen-bond acceptors (Lipinski definition) is 25. The van der Waals surface area contributed by atoms with Crippen LogP contribution in [0.1, 0.15) is 160 Å². The van der Waals surface area contributed by atoms with Gasteiger partial charge in [-0.2, -0.15) is 38.5 Å². The van der Waals surface area contributed by atoms with Gasteiger partial charge in [0.25, 0.3) is 0 Å². The molecule has 732 valence electrons. The molecule has 20 rings (SSSR count). The summed E-state index contributed by atoms with van der Waals surface area (Å²) in [6.45, 7) is 33.0. The van der Waals surface area contributed by atoms with E-state index in [1.165, 1.54) is 56.3 Å². The van der Waals surface area contributed by atoms with E-state index in [2.05, 4.69) is 78.3 Å². The Labute approximate surface area is 834 Å². The number of anilines is 4. The smallest absolute Gasteiger partial charge is 0.395 e. The van der Waals surface area contributed by atoms with E-state index in [9.17, 15) is 38.4 Å². The number of likely N-dealkylation sites (tertiary alicyclic amines) is 4. The SMILES string of the molecule is CC(=O)c1nn(C(C)c2ccc(Cl)cc2Cl)c2nc(N3CC(C4CCCN(CCO)C4)C3)cnc12.CC(c1ccc(Cl)cc1Cl)n1nc(C(F)(F)F)c2ncc(N3CC(C4CCCN(CCO)C4)C3)nc21.Cc1nn(C(C)c2ccc(Cl)cc2Cl)c2nc(N3CC(C4CCCN(CCO)C4)C3)cnc12.Cc1nn(C(C)c2ccc(Cl)cc2Cl)c2nc(N3CC(C4CCCN(CCO)C4)C3)ncc12. The van der Waals surface area contributed by atoms with Crippen LogP contribution in [0.4, 0.5) is 36.6 Å². The van der Waals surface area contributed by atoms with Gasteiger partial charge in [-0.1, -0.05) is 117 Å². The third kappa shape index (κ3) is 22.2. The second kappa shape index (κ2) is 43.7. The number of hydrogen-bond donors (Lipinski definition) is 4. The van der Waals surface area contributed by atoms with Crippen molar-refractivity contribution >= 4 is 167 Å². The number of benzene rings is 4. The van der Waals surface area contributed by atoms with Gasteiger partial charge in [0.05, 0.1) is 86.0 Å². The molecule has 29 nitrogen and oxygen atoms in total. The van der Waals surface area contributed by atoms with Gasteiger partial charge in [-0.25, -0.2) is 53.6 Å². The maximum absolute atomic E-state index is 13.8. The lowest BCUT2D eigenvalue weighted by Gasteiger charge is -2.47. The Morgan fingerprint density at radius 2 is 0.693 bits per heavy atom. The average molecular weight is 2040 g/mol. The van der Waals surface area contributed by atoms with Gasteiger partial charge in [-0.15, -0.1) is 0 Å². The Kier molecular flexibility index (Phi) is 32.0. The van der Waals surface area contributed by atoms with Crippen LogP contribution in [0.15, 0.2) is 97.6 Å². The van der Waals surface area contributed by atoms with Gasteiger partial charge in [0.1, 0.15) is 34.0 Å². The molecule has 8 aliphatic rings. The number of rotatable bonds is 25. The normalized spacial score (nSPS) is 20.7. The minimum Gasteiger partial charge on any atom is -0.395 e. The molecule has 8 aliphatic heterocycles. The molecular formula is C97H117Cl8F3N24O5. The predicted molar refractivity (Wildman–Crippen MR) is 535 cm³/mol. The molecule has 8 aromatic heterocycles. The van der Waals surface area contributed by atoms with E-state index in [4.69, 9.17) is 123 Å². The molecule has 8 unspecified atom stereocenters. The van der Waals surface area contributed by atoms with Gasteiger partial charge < -0.3 is 59.6 Å². The summed E-state index contributed by atoms with van der Waals surface area (Å²) in [5.41, 5.74) is 7.61. The first-order valence-electron chi connectivity index (χ1n) is 47.5. The summed E-state index contributed by atoms with van der Waals surface area (Å²) in [5, 5.41) is 60.4. The fourth-order valence-electron chi connectivity index (χ4n) is 21.2. The minimum atomic E-state index is -4.67. The van der Waals surface area contributed by atoms with Gasteiger partial charge in [0.15, 0.2) is 39.8 Å². The number of carbonyl (C=O) groups is 1. The third-order valence-corrected chi connectivity index (χ3v) is 31.3. The molecule has 8 saturated heterocycles. The van der Waals surface area contributed by atoms with Crippen molar-refractivity contribution in [3.63, 3.8) is 0 Å². The van der Waals surface area contributed by atoms with Crippen LogP contribution < -0.4 is 19.6 Å². The number of aromatic nitrogens is 16. The van der Waals surface area contributed by atoms with Crippen molar-refractivity contribution in [2.75, 3.05) is 177 Å². The van der Waals surface area contributed by atoms with Gasteiger partial charge in [-0.3, -0.25) is 4.79 Å². The molecule has 12 aromatic rings. The highest BCUT2D eigenvalue weighted by molar-refractivity contribution is 6.37. The number of aryl methyl sites for hydroxylation is 2. The van der Waals surface area contributed by atoms with E-state index in [0.29, 0.717) is 122 Å². The summed E-state index contributed by atoms with van der Waals surface area (Å²) < 4.78 is 48.2. The van der Waals surface area contributed by atoms with Crippen LogP contribution in [0, 0.1) is 61.2 Å².